The van der Waals surface area contributed by atoms with E-state index >= 15 is 0 Å². The molecule has 1 amide bonds. The largest absolute Gasteiger partial charge is 0.464 e. The van der Waals surface area contributed by atoms with Crippen LogP contribution in [0.1, 0.15) is 45.4 Å². The topological polar surface area (TPSA) is 58.6 Å². The lowest BCUT2D eigenvalue weighted by Crippen LogP contribution is -2.50. The standard InChI is InChI=1S/C16H26N2O3/c1-2-21-15(20)13-5-3-4-10-18(13)14(19)12-11-16(12)6-8-17-9-7-16/h12-13,17H,2-11H2,1H3. The van der Waals surface area contributed by atoms with E-state index in [2.05, 4.69) is 5.32 Å². The molecule has 21 heavy (non-hydrogen) atoms. The quantitative estimate of drug-likeness (QED) is 0.798. The first-order valence-electron chi connectivity index (χ1n) is 8.36. The van der Waals surface area contributed by atoms with Gasteiger partial charge in [-0.05, 0) is 64.0 Å². The molecule has 2 atom stereocenters. The van der Waals surface area contributed by atoms with Gasteiger partial charge in [0.25, 0.3) is 0 Å². The van der Waals surface area contributed by atoms with Crippen molar-refractivity contribution in [2.45, 2.75) is 51.5 Å². The highest BCUT2D eigenvalue weighted by Crippen LogP contribution is 2.59. The third kappa shape index (κ3) is 2.80. The Balaban J connectivity index is 1.66. The first kappa shape index (κ1) is 14.8. The maximum Gasteiger partial charge on any atom is 0.328 e. The van der Waals surface area contributed by atoms with Crippen molar-refractivity contribution in [2.75, 3.05) is 26.2 Å². The van der Waals surface area contributed by atoms with Gasteiger partial charge >= 0.3 is 5.97 Å². The molecule has 2 aliphatic heterocycles. The predicted octanol–water partition coefficient (Wildman–Crippen LogP) is 1.32. The van der Waals surface area contributed by atoms with Crippen LogP contribution in [0.4, 0.5) is 0 Å². The van der Waals surface area contributed by atoms with Crippen LogP contribution in [0, 0.1) is 11.3 Å². The molecule has 1 saturated carbocycles. The van der Waals surface area contributed by atoms with Crippen LogP contribution in [0.15, 0.2) is 0 Å². The Morgan fingerprint density at radius 1 is 1.29 bits per heavy atom. The summed E-state index contributed by atoms with van der Waals surface area (Å²) >= 11 is 0. The van der Waals surface area contributed by atoms with Crippen molar-refractivity contribution < 1.29 is 14.3 Å². The van der Waals surface area contributed by atoms with E-state index < -0.39 is 0 Å². The van der Waals surface area contributed by atoms with Crippen LogP contribution >= 0.6 is 0 Å². The van der Waals surface area contributed by atoms with Crippen molar-refractivity contribution in [2.24, 2.45) is 11.3 Å². The SMILES string of the molecule is CCOC(=O)C1CCCCN1C(=O)C1CC12CCNCC2. The molecule has 1 N–H and O–H groups in total. The van der Waals surface area contributed by atoms with Crippen molar-refractivity contribution in [3.05, 3.63) is 0 Å². The number of nitrogens with zero attached hydrogens (tertiary/aromatic N) is 1. The Bertz CT molecular complexity index is 418. The fourth-order valence-corrected chi connectivity index (χ4v) is 4.05. The first-order chi connectivity index (χ1) is 10.2. The second-order valence-corrected chi connectivity index (χ2v) is 6.66. The molecule has 0 aromatic carbocycles. The Kier molecular flexibility index (Phi) is 4.20. The van der Waals surface area contributed by atoms with Gasteiger partial charge in [0, 0.05) is 12.5 Å². The smallest absolute Gasteiger partial charge is 0.328 e. The highest BCUT2D eigenvalue weighted by atomic mass is 16.5. The number of amides is 1. The normalized spacial score (nSPS) is 31.0. The second-order valence-electron chi connectivity index (χ2n) is 6.66. The molecule has 2 heterocycles. The van der Waals surface area contributed by atoms with E-state index in [1.807, 2.05) is 11.8 Å². The van der Waals surface area contributed by atoms with E-state index in [9.17, 15) is 9.59 Å². The van der Waals surface area contributed by atoms with Crippen LogP contribution in [0.3, 0.4) is 0 Å². The number of nitrogens with one attached hydrogen (secondary N) is 1. The Morgan fingerprint density at radius 3 is 2.76 bits per heavy atom. The lowest BCUT2D eigenvalue weighted by molar-refractivity contribution is -0.157. The number of likely N-dealkylation sites (tertiary alicyclic amines) is 1. The lowest BCUT2D eigenvalue weighted by atomic mass is 9.91. The molecule has 0 radical (unpaired) electrons. The molecule has 3 aliphatic rings. The fraction of sp³-hybridized carbons (Fsp3) is 0.875. The van der Waals surface area contributed by atoms with Gasteiger partial charge in [0.1, 0.15) is 6.04 Å². The predicted molar refractivity (Wildman–Crippen MR) is 78.6 cm³/mol. The van der Waals surface area contributed by atoms with Crippen molar-refractivity contribution in [3.8, 4) is 0 Å². The molecule has 0 aromatic heterocycles. The zero-order valence-electron chi connectivity index (χ0n) is 12.9. The molecule has 3 rings (SSSR count). The highest BCUT2D eigenvalue weighted by Gasteiger charge is 2.59. The molecule has 2 saturated heterocycles. The van der Waals surface area contributed by atoms with Crippen LogP contribution in [-0.4, -0.2) is 49.1 Å². The van der Waals surface area contributed by atoms with E-state index in [0.29, 0.717) is 13.2 Å². The third-order valence-electron chi connectivity index (χ3n) is 5.43. The summed E-state index contributed by atoms with van der Waals surface area (Å²) in [6.45, 7) is 4.96. The van der Waals surface area contributed by atoms with Gasteiger partial charge in [-0.3, -0.25) is 4.79 Å². The van der Waals surface area contributed by atoms with Crippen LogP contribution in [0.2, 0.25) is 0 Å². The minimum absolute atomic E-state index is 0.148. The van der Waals surface area contributed by atoms with Gasteiger partial charge in [0.2, 0.25) is 5.91 Å². The average Bonchev–Trinajstić information content (AvgIpc) is 3.20. The Morgan fingerprint density at radius 2 is 2.05 bits per heavy atom. The summed E-state index contributed by atoms with van der Waals surface area (Å²) in [5, 5.41) is 3.36. The van der Waals surface area contributed by atoms with Crippen molar-refractivity contribution >= 4 is 11.9 Å². The molecule has 0 bridgehead atoms. The van der Waals surface area contributed by atoms with Gasteiger partial charge in [-0.25, -0.2) is 4.79 Å². The third-order valence-corrected chi connectivity index (χ3v) is 5.43. The van der Waals surface area contributed by atoms with E-state index in [4.69, 9.17) is 4.74 Å². The highest BCUT2D eigenvalue weighted by molar-refractivity contribution is 5.88. The zero-order valence-corrected chi connectivity index (χ0v) is 12.9. The van der Waals surface area contributed by atoms with Crippen molar-refractivity contribution in [1.82, 2.24) is 10.2 Å². The molecule has 0 aromatic rings. The van der Waals surface area contributed by atoms with E-state index in [1.165, 1.54) is 0 Å². The summed E-state index contributed by atoms with van der Waals surface area (Å²) in [6.07, 6.45) is 5.98. The Hall–Kier alpha value is -1.10. The molecule has 1 aliphatic carbocycles. The van der Waals surface area contributed by atoms with Crippen molar-refractivity contribution in [1.29, 1.82) is 0 Å². The minimum atomic E-state index is -0.342. The second kappa shape index (κ2) is 5.95. The van der Waals surface area contributed by atoms with Gasteiger partial charge in [0.15, 0.2) is 0 Å². The summed E-state index contributed by atoms with van der Waals surface area (Å²) in [4.78, 5) is 26.8. The number of esters is 1. The maximum atomic E-state index is 12.9. The molecular formula is C16H26N2O3. The number of rotatable bonds is 3. The molecule has 3 fully saturated rings. The van der Waals surface area contributed by atoms with Gasteiger partial charge in [-0.15, -0.1) is 0 Å². The summed E-state index contributed by atoms with van der Waals surface area (Å²) in [5.74, 6) is 0.134. The number of carbonyl (C=O) groups is 2. The number of hydrogen-bond donors (Lipinski definition) is 1. The molecule has 5 nitrogen and oxygen atoms in total. The van der Waals surface area contributed by atoms with E-state index in [-0.39, 0.29) is 29.3 Å². The maximum absolute atomic E-state index is 12.9. The number of ether oxygens (including phenoxy) is 1. The van der Waals surface area contributed by atoms with E-state index in [1.54, 1.807) is 0 Å². The number of hydrogen-bond acceptors (Lipinski definition) is 4. The molecule has 1 spiro atoms. The van der Waals surface area contributed by atoms with Crippen molar-refractivity contribution in [3.63, 3.8) is 0 Å². The van der Waals surface area contributed by atoms with Gasteiger partial charge < -0.3 is 15.0 Å². The fourth-order valence-electron chi connectivity index (χ4n) is 4.05. The molecule has 5 heteroatoms. The summed E-state index contributed by atoms with van der Waals surface area (Å²) in [5.41, 5.74) is 0.235. The van der Waals surface area contributed by atoms with Crippen LogP contribution < -0.4 is 5.32 Å². The van der Waals surface area contributed by atoms with Crippen LogP contribution in [-0.2, 0) is 14.3 Å². The zero-order chi connectivity index (χ0) is 14.9. The van der Waals surface area contributed by atoms with Gasteiger partial charge in [-0.1, -0.05) is 0 Å². The van der Waals surface area contributed by atoms with Gasteiger partial charge in [-0.2, -0.15) is 0 Å². The molecule has 118 valence electrons. The van der Waals surface area contributed by atoms with Crippen LogP contribution in [0.25, 0.3) is 0 Å². The number of piperidine rings is 2. The first-order valence-corrected chi connectivity index (χ1v) is 8.36. The molecular weight excluding hydrogens is 268 g/mol. The minimum Gasteiger partial charge on any atom is -0.464 e. The van der Waals surface area contributed by atoms with E-state index in [0.717, 1.165) is 51.6 Å². The molecule has 2 unspecified atom stereocenters. The summed E-state index contributed by atoms with van der Waals surface area (Å²) in [7, 11) is 0. The van der Waals surface area contributed by atoms with Gasteiger partial charge in [0.05, 0.1) is 6.61 Å². The lowest BCUT2D eigenvalue weighted by Gasteiger charge is -2.35. The number of carbonyl (C=O) groups excluding carboxylic acids is 2. The summed E-state index contributed by atoms with van der Waals surface area (Å²) < 4.78 is 5.16. The average molecular weight is 294 g/mol. The Labute approximate surface area is 126 Å². The summed E-state index contributed by atoms with van der Waals surface area (Å²) in [6, 6.07) is -0.342. The van der Waals surface area contributed by atoms with Crippen LogP contribution in [0.5, 0.6) is 0 Å². The monoisotopic (exact) mass is 294 g/mol.